The van der Waals surface area contributed by atoms with Crippen molar-refractivity contribution >= 4 is 17.5 Å². The number of pyridine rings is 1. The average Bonchev–Trinajstić information content (AvgIpc) is 2.46. The Morgan fingerprint density at radius 3 is 2.25 bits per heavy atom. The molecule has 4 heteroatoms. The van der Waals surface area contributed by atoms with Crippen LogP contribution in [0.1, 0.15) is 62.7 Å². The van der Waals surface area contributed by atoms with Gasteiger partial charge in [0.15, 0.2) is 0 Å². The number of halogens is 1. The summed E-state index contributed by atoms with van der Waals surface area (Å²) < 4.78 is 0. The van der Waals surface area contributed by atoms with Gasteiger partial charge in [0.25, 0.3) is 5.91 Å². The summed E-state index contributed by atoms with van der Waals surface area (Å²) in [5, 5.41) is 0.438. The zero-order valence-corrected chi connectivity index (χ0v) is 13.3. The summed E-state index contributed by atoms with van der Waals surface area (Å²) >= 11 is 6.08. The molecule has 0 N–H and O–H groups in total. The molecule has 0 radical (unpaired) electrons. The molecule has 0 aliphatic heterocycles. The topological polar surface area (TPSA) is 33.2 Å². The van der Waals surface area contributed by atoms with Crippen molar-refractivity contribution in [2.24, 2.45) is 0 Å². The van der Waals surface area contributed by atoms with E-state index in [1.165, 1.54) is 6.20 Å². The van der Waals surface area contributed by atoms with Crippen LogP contribution >= 0.6 is 11.6 Å². The second-order valence-electron chi connectivity index (χ2n) is 5.06. The zero-order valence-electron chi connectivity index (χ0n) is 12.6. The van der Waals surface area contributed by atoms with Crippen LogP contribution in [0.15, 0.2) is 18.5 Å². The maximum atomic E-state index is 12.6. The molecule has 1 amide bonds. The van der Waals surface area contributed by atoms with Crippen LogP contribution in [0.4, 0.5) is 0 Å². The van der Waals surface area contributed by atoms with E-state index in [2.05, 4.69) is 18.8 Å². The summed E-state index contributed by atoms with van der Waals surface area (Å²) in [7, 11) is 0. The summed E-state index contributed by atoms with van der Waals surface area (Å²) in [6.45, 7) is 5.97. The Hall–Kier alpha value is -1.09. The zero-order chi connectivity index (χ0) is 14.8. The number of rotatable bonds is 9. The molecule has 1 heterocycles. The molecule has 0 bridgehead atoms. The maximum absolute atomic E-state index is 12.6. The van der Waals surface area contributed by atoms with Gasteiger partial charge in [-0.2, -0.15) is 0 Å². The van der Waals surface area contributed by atoms with Crippen LogP contribution in [0.2, 0.25) is 5.02 Å². The van der Waals surface area contributed by atoms with Gasteiger partial charge in [-0.1, -0.05) is 51.1 Å². The fourth-order valence-electron chi connectivity index (χ4n) is 2.14. The Morgan fingerprint density at radius 1 is 1.15 bits per heavy atom. The van der Waals surface area contributed by atoms with Gasteiger partial charge in [0, 0.05) is 25.5 Å². The molecule has 0 fully saturated rings. The molecule has 0 spiro atoms. The Kier molecular flexibility index (Phi) is 8.28. The third-order valence-electron chi connectivity index (χ3n) is 3.35. The summed E-state index contributed by atoms with van der Waals surface area (Å²) in [5.74, 6) is 0.0320. The van der Waals surface area contributed by atoms with Crippen LogP contribution in [0.25, 0.3) is 0 Å². The number of nitrogens with zero attached hydrogens (tertiary/aromatic N) is 2. The summed E-state index contributed by atoms with van der Waals surface area (Å²) in [5.41, 5.74) is 0.565. The van der Waals surface area contributed by atoms with E-state index in [-0.39, 0.29) is 5.91 Å². The average molecular weight is 297 g/mol. The minimum Gasteiger partial charge on any atom is -0.339 e. The van der Waals surface area contributed by atoms with Gasteiger partial charge in [-0.15, -0.1) is 0 Å². The van der Waals surface area contributed by atoms with Gasteiger partial charge < -0.3 is 4.90 Å². The predicted molar refractivity (Wildman–Crippen MR) is 84.2 cm³/mol. The molecular formula is C16H25ClN2O. The fourth-order valence-corrected chi connectivity index (χ4v) is 2.34. The van der Waals surface area contributed by atoms with E-state index < -0.39 is 0 Å². The lowest BCUT2D eigenvalue weighted by atomic mass is 10.1. The smallest absolute Gasteiger partial charge is 0.255 e. The van der Waals surface area contributed by atoms with E-state index in [0.29, 0.717) is 10.6 Å². The number of carbonyl (C=O) groups excluding carboxylic acids is 1. The summed E-state index contributed by atoms with van der Waals surface area (Å²) in [6.07, 6.45) is 9.89. The molecule has 20 heavy (non-hydrogen) atoms. The number of hydrogen-bond donors (Lipinski definition) is 0. The van der Waals surface area contributed by atoms with Crippen LogP contribution in [0.5, 0.6) is 0 Å². The third-order valence-corrected chi connectivity index (χ3v) is 3.65. The first-order chi connectivity index (χ1) is 9.70. The molecule has 0 aromatic carbocycles. The molecule has 112 valence electrons. The quantitative estimate of drug-likeness (QED) is 0.626. The SMILES string of the molecule is CCCCCN(CCCCC)C(=O)c1ccncc1Cl. The molecule has 1 rings (SSSR count). The van der Waals surface area contributed by atoms with Crippen molar-refractivity contribution in [2.45, 2.75) is 52.4 Å². The fraction of sp³-hybridized carbons (Fsp3) is 0.625. The van der Waals surface area contributed by atoms with E-state index in [1.807, 2.05) is 4.90 Å². The second kappa shape index (κ2) is 9.76. The minimum atomic E-state index is 0.0320. The van der Waals surface area contributed by atoms with Gasteiger partial charge >= 0.3 is 0 Å². The summed E-state index contributed by atoms with van der Waals surface area (Å²) in [6, 6.07) is 1.71. The Labute approximate surface area is 127 Å². The van der Waals surface area contributed by atoms with Gasteiger partial charge in [0.1, 0.15) is 0 Å². The van der Waals surface area contributed by atoms with Crippen LogP contribution in [-0.4, -0.2) is 28.9 Å². The highest BCUT2D eigenvalue weighted by Gasteiger charge is 2.17. The van der Waals surface area contributed by atoms with Crippen LogP contribution in [0.3, 0.4) is 0 Å². The van der Waals surface area contributed by atoms with Crippen molar-refractivity contribution in [2.75, 3.05) is 13.1 Å². The Balaban J connectivity index is 2.69. The number of carbonyl (C=O) groups is 1. The van der Waals surface area contributed by atoms with Gasteiger partial charge in [0.2, 0.25) is 0 Å². The molecule has 0 saturated heterocycles. The van der Waals surface area contributed by atoms with Crippen molar-refractivity contribution in [3.8, 4) is 0 Å². The predicted octanol–water partition coefficient (Wildman–Crippen LogP) is 4.56. The minimum absolute atomic E-state index is 0.0320. The van der Waals surface area contributed by atoms with Crippen molar-refractivity contribution in [3.05, 3.63) is 29.0 Å². The number of unbranched alkanes of at least 4 members (excludes halogenated alkanes) is 4. The largest absolute Gasteiger partial charge is 0.339 e. The second-order valence-corrected chi connectivity index (χ2v) is 5.47. The van der Waals surface area contributed by atoms with E-state index >= 15 is 0 Å². The van der Waals surface area contributed by atoms with Gasteiger partial charge in [-0.25, -0.2) is 0 Å². The van der Waals surface area contributed by atoms with Gasteiger partial charge in [-0.05, 0) is 18.9 Å². The first-order valence-electron chi connectivity index (χ1n) is 7.59. The van der Waals surface area contributed by atoms with E-state index in [0.717, 1.165) is 51.6 Å². The highest BCUT2D eigenvalue weighted by atomic mass is 35.5. The number of hydrogen-bond acceptors (Lipinski definition) is 2. The highest BCUT2D eigenvalue weighted by Crippen LogP contribution is 2.17. The molecule has 0 aliphatic rings. The van der Waals surface area contributed by atoms with Crippen molar-refractivity contribution in [3.63, 3.8) is 0 Å². The normalized spacial score (nSPS) is 10.6. The lowest BCUT2D eigenvalue weighted by Gasteiger charge is -2.23. The van der Waals surface area contributed by atoms with Gasteiger partial charge in [-0.3, -0.25) is 9.78 Å². The first-order valence-corrected chi connectivity index (χ1v) is 7.97. The molecule has 0 saturated carbocycles. The van der Waals surface area contributed by atoms with Crippen LogP contribution in [0, 0.1) is 0 Å². The highest BCUT2D eigenvalue weighted by molar-refractivity contribution is 6.33. The van der Waals surface area contributed by atoms with Crippen molar-refractivity contribution in [1.82, 2.24) is 9.88 Å². The van der Waals surface area contributed by atoms with Crippen molar-refractivity contribution in [1.29, 1.82) is 0 Å². The Morgan fingerprint density at radius 2 is 1.75 bits per heavy atom. The molecule has 0 unspecified atom stereocenters. The van der Waals surface area contributed by atoms with Gasteiger partial charge in [0.05, 0.1) is 10.6 Å². The van der Waals surface area contributed by atoms with Crippen LogP contribution < -0.4 is 0 Å². The molecule has 1 aromatic heterocycles. The number of aromatic nitrogens is 1. The van der Waals surface area contributed by atoms with E-state index in [4.69, 9.17) is 11.6 Å². The van der Waals surface area contributed by atoms with E-state index in [9.17, 15) is 4.79 Å². The van der Waals surface area contributed by atoms with Crippen LogP contribution in [-0.2, 0) is 0 Å². The standard InChI is InChI=1S/C16H25ClN2O/c1-3-5-7-11-19(12-8-6-4-2)16(20)14-9-10-18-13-15(14)17/h9-10,13H,3-8,11-12H2,1-2H3. The number of amides is 1. The molecule has 0 atom stereocenters. The lowest BCUT2D eigenvalue weighted by Crippen LogP contribution is -2.33. The first kappa shape index (κ1) is 17.0. The maximum Gasteiger partial charge on any atom is 0.255 e. The van der Waals surface area contributed by atoms with Crippen molar-refractivity contribution < 1.29 is 4.79 Å². The third kappa shape index (κ3) is 5.49. The molecule has 1 aromatic rings. The summed E-state index contributed by atoms with van der Waals surface area (Å²) in [4.78, 5) is 18.4. The molecule has 3 nitrogen and oxygen atoms in total. The Bertz CT molecular complexity index is 399. The monoisotopic (exact) mass is 296 g/mol. The molecular weight excluding hydrogens is 272 g/mol. The molecule has 0 aliphatic carbocycles. The lowest BCUT2D eigenvalue weighted by molar-refractivity contribution is 0.0749. The van der Waals surface area contributed by atoms with E-state index in [1.54, 1.807) is 12.3 Å².